The Bertz CT molecular complexity index is 310. The molecule has 1 fully saturated rings. The van der Waals surface area contributed by atoms with Gasteiger partial charge >= 0.3 is 0 Å². The highest BCUT2D eigenvalue weighted by Gasteiger charge is 2.16. The third-order valence-corrected chi connectivity index (χ3v) is 3.82. The fraction of sp³-hybridized carbons (Fsp3) is 0.786. The van der Waals surface area contributed by atoms with E-state index in [1.807, 2.05) is 23.1 Å². The van der Waals surface area contributed by atoms with Crippen LogP contribution < -0.4 is 5.32 Å². The van der Waals surface area contributed by atoms with E-state index in [1.165, 1.54) is 38.8 Å². The number of rotatable bonds is 7. The van der Waals surface area contributed by atoms with Crippen molar-refractivity contribution in [3.05, 3.63) is 18.5 Å². The molecule has 4 heteroatoms. The van der Waals surface area contributed by atoms with Crippen molar-refractivity contribution in [2.45, 2.75) is 45.2 Å². The Morgan fingerprint density at radius 1 is 1.28 bits per heavy atom. The van der Waals surface area contributed by atoms with Crippen LogP contribution in [0, 0.1) is 0 Å². The predicted molar refractivity (Wildman–Crippen MR) is 74.6 cm³/mol. The van der Waals surface area contributed by atoms with E-state index in [0.29, 0.717) is 0 Å². The first-order valence-electron chi connectivity index (χ1n) is 7.28. The Morgan fingerprint density at radius 3 is 3.00 bits per heavy atom. The van der Waals surface area contributed by atoms with Crippen molar-refractivity contribution in [1.82, 2.24) is 20.0 Å². The summed E-state index contributed by atoms with van der Waals surface area (Å²) in [5.74, 6) is 0. The maximum Gasteiger partial charge on any atom is 0.0533 e. The fourth-order valence-electron chi connectivity index (χ4n) is 2.65. The molecule has 4 nitrogen and oxygen atoms in total. The first-order chi connectivity index (χ1) is 8.86. The summed E-state index contributed by atoms with van der Waals surface area (Å²) in [4.78, 5) is 2.64. The highest BCUT2D eigenvalue weighted by Crippen LogP contribution is 2.15. The van der Waals surface area contributed by atoms with Gasteiger partial charge in [-0.15, -0.1) is 0 Å². The van der Waals surface area contributed by atoms with Crippen LogP contribution in [0.3, 0.4) is 0 Å². The van der Waals surface area contributed by atoms with Gasteiger partial charge in [0.1, 0.15) is 0 Å². The zero-order valence-corrected chi connectivity index (χ0v) is 11.5. The predicted octanol–water partition coefficient (Wildman–Crippen LogP) is 1.74. The maximum atomic E-state index is 4.19. The van der Waals surface area contributed by atoms with Crippen molar-refractivity contribution in [1.29, 1.82) is 0 Å². The molecule has 0 amide bonds. The summed E-state index contributed by atoms with van der Waals surface area (Å²) in [5, 5.41) is 7.68. The van der Waals surface area contributed by atoms with Gasteiger partial charge in [-0.3, -0.25) is 4.68 Å². The molecule has 1 aliphatic heterocycles. The number of hydrogen-bond acceptors (Lipinski definition) is 3. The van der Waals surface area contributed by atoms with E-state index in [1.54, 1.807) is 0 Å². The summed E-state index contributed by atoms with van der Waals surface area (Å²) in [7, 11) is 0. The monoisotopic (exact) mass is 250 g/mol. The van der Waals surface area contributed by atoms with Gasteiger partial charge in [0.2, 0.25) is 0 Å². The normalized spacial score (nSPS) is 21.3. The van der Waals surface area contributed by atoms with Gasteiger partial charge in [-0.05, 0) is 51.9 Å². The van der Waals surface area contributed by atoms with Gasteiger partial charge in [-0.2, -0.15) is 5.10 Å². The zero-order chi connectivity index (χ0) is 12.6. The summed E-state index contributed by atoms with van der Waals surface area (Å²) < 4.78 is 1.97. The second-order valence-electron chi connectivity index (χ2n) is 5.25. The number of piperidine rings is 1. The molecule has 2 heterocycles. The van der Waals surface area contributed by atoms with Gasteiger partial charge < -0.3 is 10.2 Å². The summed E-state index contributed by atoms with van der Waals surface area (Å²) in [6.07, 6.45) is 9.28. The van der Waals surface area contributed by atoms with Crippen molar-refractivity contribution < 1.29 is 0 Å². The van der Waals surface area contributed by atoms with Gasteiger partial charge in [0.15, 0.2) is 0 Å². The van der Waals surface area contributed by atoms with Crippen LogP contribution in [-0.2, 0) is 6.54 Å². The lowest BCUT2D eigenvalue weighted by molar-refractivity contribution is 0.159. The van der Waals surface area contributed by atoms with Crippen LogP contribution in [0.15, 0.2) is 18.5 Å². The average molecular weight is 250 g/mol. The molecule has 0 bridgehead atoms. The van der Waals surface area contributed by atoms with E-state index in [-0.39, 0.29) is 0 Å². The van der Waals surface area contributed by atoms with Crippen LogP contribution in [0.5, 0.6) is 0 Å². The second kappa shape index (κ2) is 7.54. The van der Waals surface area contributed by atoms with Crippen LogP contribution in [0.4, 0.5) is 0 Å². The Kier molecular flexibility index (Phi) is 5.68. The number of aromatic nitrogens is 2. The first kappa shape index (κ1) is 13.6. The second-order valence-corrected chi connectivity index (χ2v) is 5.25. The lowest BCUT2D eigenvalue weighted by Gasteiger charge is -2.33. The highest BCUT2D eigenvalue weighted by atomic mass is 15.3. The highest BCUT2D eigenvalue weighted by molar-refractivity contribution is 4.77. The number of hydrogen-bond donors (Lipinski definition) is 1. The van der Waals surface area contributed by atoms with Crippen LogP contribution in [0.1, 0.15) is 32.6 Å². The van der Waals surface area contributed by atoms with E-state index >= 15 is 0 Å². The van der Waals surface area contributed by atoms with Crippen LogP contribution in [0.25, 0.3) is 0 Å². The van der Waals surface area contributed by atoms with E-state index in [2.05, 4.69) is 22.2 Å². The van der Waals surface area contributed by atoms with Crippen molar-refractivity contribution in [3.63, 3.8) is 0 Å². The largest absolute Gasteiger partial charge is 0.315 e. The molecule has 0 aromatic carbocycles. The average Bonchev–Trinajstić information content (AvgIpc) is 2.89. The SMILES string of the molecule is CC1CCCCN1CCCNCCn1cccn1. The molecule has 1 N–H and O–H groups in total. The summed E-state index contributed by atoms with van der Waals surface area (Å²) >= 11 is 0. The molecule has 102 valence electrons. The third-order valence-electron chi connectivity index (χ3n) is 3.82. The van der Waals surface area contributed by atoms with E-state index in [0.717, 1.165) is 25.7 Å². The van der Waals surface area contributed by atoms with E-state index in [4.69, 9.17) is 0 Å². The molecule has 1 atom stereocenters. The minimum absolute atomic E-state index is 0.794. The van der Waals surface area contributed by atoms with Crippen molar-refractivity contribution in [2.24, 2.45) is 0 Å². The van der Waals surface area contributed by atoms with Crippen LogP contribution >= 0.6 is 0 Å². The molecule has 0 saturated carbocycles. The molecule has 1 unspecified atom stereocenters. The molecule has 18 heavy (non-hydrogen) atoms. The standard InChI is InChI=1S/C14H26N4/c1-14-6-2-3-10-17(14)11-4-7-15-9-13-18-12-5-8-16-18/h5,8,12,14-15H,2-4,6-7,9-11,13H2,1H3. The molecule has 1 saturated heterocycles. The van der Waals surface area contributed by atoms with Gasteiger partial charge in [0.25, 0.3) is 0 Å². The molecular formula is C14H26N4. The molecule has 1 aromatic heterocycles. The smallest absolute Gasteiger partial charge is 0.0533 e. The van der Waals surface area contributed by atoms with E-state index < -0.39 is 0 Å². The summed E-state index contributed by atoms with van der Waals surface area (Å²) in [6, 6.07) is 2.76. The Morgan fingerprint density at radius 2 is 2.22 bits per heavy atom. The molecule has 0 spiro atoms. The molecule has 1 aliphatic rings. The molecule has 2 rings (SSSR count). The van der Waals surface area contributed by atoms with Crippen LogP contribution in [0.2, 0.25) is 0 Å². The van der Waals surface area contributed by atoms with Gasteiger partial charge in [0, 0.05) is 25.0 Å². The lowest BCUT2D eigenvalue weighted by atomic mass is 10.0. The summed E-state index contributed by atoms with van der Waals surface area (Å²) in [6.45, 7) is 8.00. The number of likely N-dealkylation sites (tertiary alicyclic amines) is 1. The fourth-order valence-corrected chi connectivity index (χ4v) is 2.65. The zero-order valence-electron chi connectivity index (χ0n) is 11.5. The number of nitrogens with zero attached hydrogens (tertiary/aromatic N) is 3. The molecule has 0 radical (unpaired) electrons. The maximum absolute atomic E-state index is 4.19. The summed E-state index contributed by atoms with van der Waals surface area (Å²) in [5.41, 5.74) is 0. The molecule has 0 aliphatic carbocycles. The minimum Gasteiger partial charge on any atom is -0.315 e. The van der Waals surface area contributed by atoms with Gasteiger partial charge in [-0.25, -0.2) is 0 Å². The quantitative estimate of drug-likeness (QED) is 0.748. The van der Waals surface area contributed by atoms with Crippen molar-refractivity contribution >= 4 is 0 Å². The Hall–Kier alpha value is -0.870. The van der Waals surface area contributed by atoms with Crippen LogP contribution in [-0.4, -0.2) is 46.9 Å². The molecular weight excluding hydrogens is 224 g/mol. The van der Waals surface area contributed by atoms with Crippen molar-refractivity contribution in [3.8, 4) is 0 Å². The molecule has 1 aromatic rings. The lowest BCUT2D eigenvalue weighted by Crippen LogP contribution is -2.39. The first-order valence-corrected chi connectivity index (χ1v) is 7.28. The van der Waals surface area contributed by atoms with Gasteiger partial charge in [-0.1, -0.05) is 6.42 Å². The topological polar surface area (TPSA) is 33.1 Å². The minimum atomic E-state index is 0.794. The Balaban J connectivity index is 1.48. The van der Waals surface area contributed by atoms with Crippen molar-refractivity contribution in [2.75, 3.05) is 26.2 Å². The van der Waals surface area contributed by atoms with E-state index in [9.17, 15) is 0 Å². The van der Waals surface area contributed by atoms with Gasteiger partial charge in [0.05, 0.1) is 6.54 Å². The number of nitrogens with one attached hydrogen (secondary N) is 1. The third kappa shape index (κ3) is 4.42. The Labute approximate surface area is 110 Å².